The van der Waals surface area contributed by atoms with Gasteiger partial charge in [-0.3, -0.25) is 14.5 Å². The molecule has 146 valence electrons. The summed E-state index contributed by atoms with van der Waals surface area (Å²) in [5.74, 6) is -0.0262. The van der Waals surface area contributed by atoms with Crippen molar-refractivity contribution in [2.45, 2.75) is 39.3 Å². The summed E-state index contributed by atoms with van der Waals surface area (Å²) in [7, 11) is 0. The average Bonchev–Trinajstić information content (AvgIpc) is 3.24. The van der Waals surface area contributed by atoms with Gasteiger partial charge in [-0.25, -0.2) is 0 Å². The number of pyridine rings is 1. The van der Waals surface area contributed by atoms with Crippen molar-refractivity contribution in [3.05, 3.63) is 59.5 Å². The minimum absolute atomic E-state index is 0.0146. The van der Waals surface area contributed by atoms with Crippen molar-refractivity contribution in [1.82, 2.24) is 19.7 Å². The predicted molar refractivity (Wildman–Crippen MR) is 108 cm³/mol. The highest BCUT2D eigenvalue weighted by Crippen LogP contribution is 2.26. The number of carbonyl (C=O) groups excluding carboxylic acids is 1. The molecule has 3 heterocycles. The second kappa shape index (κ2) is 7.72. The Morgan fingerprint density at radius 3 is 2.89 bits per heavy atom. The number of benzene rings is 1. The van der Waals surface area contributed by atoms with Crippen LogP contribution in [-0.4, -0.2) is 49.9 Å². The standard InChI is InChI=1S/C22H26N4O2/c1-3-10-26-13-19(15(2)24-26)22(28)25-12-17(21(27)14-25)11-16-8-9-23-20-7-5-4-6-18(16)20/h4-9,13,17,21,27H,3,10-12,14H2,1-2H3. The van der Waals surface area contributed by atoms with E-state index in [2.05, 4.69) is 23.1 Å². The molecule has 2 unspecified atom stereocenters. The highest BCUT2D eigenvalue weighted by atomic mass is 16.3. The third kappa shape index (κ3) is 3.52. The topological polar surface area (TPSA) is 71.2 Å². The van der Waals surface area contributed by atoms with Gasteiger partial charge in [-0.2, -0.15) is 5.10 Å². The van der Waals surface area contributed by atoms with E-state index in [1.54, 1.807) is 4.90 Å². The number of rotatable bonds is 5. The number of aromatic nitrogens is 3. The Hall–Kier alpha value is -2.73. The fourth-order valence-corrected chi connectivity index (χ4v) is 4.08. The Morgan fingerprint density at radius 1 is 1.25 bits per heavy atom. The SMILES string of the molecule is CCCn1cc(C(=O)N2CC(O)C(Cc3ccnc4ccccc34)C2)c(C)n1. The number of carbonyl (C=O) groups is 1. The third-order valence-corrected chi connectivity index (χ3v) is 5.54. The van der Waals surface area contributed by atoms with Crippen LogP contribution in [-0.2, 0) is 13.0 Å². The van der Waals surface area contributed by atoms with Crippen LogP contribution in [0, 0.1) is 12.8 Å². The Labute approximate surface area is 164 Å². The Balaban J connectivity index is 1.51. The lowest BCUT2D eigenvalue weighted by atomic mass is 9.94. The average molecular weight is 378 g/mol. The molecule has 0 saturated carbocycles. The van der Waals surface area contributed by atoms with Crippen LogP contribution in [0.25, 0.3) is 10.9 Å². The van der Waals surface area contributed by atoms with Gasteiger partial charge in [0.1, 0.15) is 0 Å². The van der Waals surface area contributed by atoms with E-state index in [4.69, 9.17) is 0 Å². The van der Waals surface area contributed by atoms with E-state index in [1.807, 2.05) is 48.3 Å². The monoisotopic (exact) mass is 378 g/mol. The number of hydrogen-bond acceptors (Lipinski definition) is 4. The second-order valence-corrected chi connectivity index (χ2v) is 7.62. The van der Waals surface area contributed by atoms with Crippen LogP contribution in [0.1, 0.15) is 35.0 Å². The van der Waals surface area contributed by atoms with E-state index in [0.717, 1.165) is 41.5 Å². The number of aryl methyl sites for hydroxylation is 2. The molecule has 3 aromatic rings. The van der Waals surface area contributed by atoms with E-state index in [9.17, 15) is 9.90 Å². The molecule has 6 heteroatoms. The van der Waals surface area contributed by atoms with Crippen LogP contribution in [0.5, 0.6) is 0 Å². The number of aliphatic hydroxyl groups is 1. The summed E-state index contributed by atoms with van der Waals surface area (Å²) in [6, 6.07) is 10.1. The minimum atomic E-state index is -0.526. The molecule has 1 N–H and O–H groups in total. The molecule has 2 atom stereocenters. The number of para-hydroxylation sites is 1. The molecular weight excluding hydrogens is 352 g/mol. The summed E-state index contributed by atoms with van der Waals surface area (Å²) in [5.41, 5.74) is 3.50. The zero-order chi connectivity index (χ0) is 19.7. The van der Waals surface area contributed by atoms with Crippen molar-refractivity contribution in [2.24, 2.45) is 5.92 Å². The summed E-state index contributed by atoms with van der Waals surface area (Å²) in [4.78, 5) is 19.2. The molecule has 6 nitrogen and oxygen atoms in total. The van der Waals surface area contributed by atoms with Crippen LogP contribution in [0.2, 0.25) is 0 Å². The van der Waals surface area contributed by atoms with Crippen LogP contribution in [0.4, 0.5) is 0 Å². The van der Waals surface area contributed by atoms with Gasteiger partial charge in [-0.15, -0.1) is 0 Å². The molecule has 4 rings (SSSR count). The van der Waals surface area contributed by atoms with Crippen LogP contribution >= 0.6 is 0 Å². The summed E-state index contributed by atoms with van der Waals surface area (Å²) in [6.45, 7) is 5.67. The molecule has 1 fully saturated rings. The number of fused-ring (bicyclic) bond motifs is 1. The molecule has 1 aliphatic heterocycles. The maximum Gasteiger partial charge on any atom is 0.257 e. The van der Waals surface area contributed by atoms with Crippen molar-refractivity contribution >= 4 is 16.8 Å². The van der Waals surface area contributed by atoms with Crippen molar-refractivity contribution in [1.29, 1.82) is 0 Å². The van der Waals surface area contributed by atoms with E-state index in [1.165, 1.54) is 0 Å². The lowest BCUT2D eigenvalue weighted by molar-refractivity contribution is 0.0764. The van der Waals surface area contributed by atoms with Gasteiger partial charge < -0.3 is 10.0 Å². The highest BCUT2D eigenvalue weighted by molar-refractivity contribution is 5.95. The number of nitrogens with zero attached hydrogens (tertiary/aromatic N) is 4. The quantitative estimate of drug-likeness (QED) is 0.741. The summed E-state index contributed by atoms with van der Waals surface area (Å²) in [6.07, 6.45) is 4.81. The Kier molecular flexibility index (Phi) is 5.13. The zero-order valence-corrected chi connectivity index (χ0v) is 16.4. The molecule has 1 amide bonds. The molecule has 1 aliphatic rings. The number of β-amino-alcohol motifs (C(OH)–C–C–N with tert-alkyl or cyclic N) is 1. The van der Waals surface area contributed by atoms with Crippen LogP contribution < -0.4 is 0 Å². The molecule has 0 bridgehead atoms. The number of amides is 1. The van der Waals surface area contributed by atoms with E-state index >= 15 is 0 Å². The molecular formula is C22H26N4O2. The van der Waals surface area contributed by atoms with E-state index in [-0.39, 0.29) is 11.8 Å². The number of likely N-dealkylation sites (tertiary alicyclic amines) is 1. The van der Waals surface area contributed by atoms with Crippen LogP contribution in [0.3, 0.4) is 0 Å². The van der Waals surface area contributed by atoms with Crippen molar-refractivity contribution in [3.63, 3.8) is 0 Å². The molecule has 0 aliphatic carbocycles. The second-order valence-electron chi connectivity index (χ2n) is 7.62. The van der Waals surface area contributed by atoms with Gasteiger partial charge in [-0.1, -0.05) is 25.1 Å². The fourth-order valence-electron chi connectivity index (χ4n) is 4.08. The normalized spacial score (nSPS) is 19.5. The number of aliphatic hydroxyl groups excluding tert-OH is 1. The molecule has 28 heavy (non-hydrogen) atoms. The first-order valence-corrected chi connectivity index (χ1v) is 9.90. The maximum atomic E-state index is 13.0. The van der Waals surface area contributed by atoms with Gasteiger partial charge in [0.05, 0.1) is 22.9 Å². The highest BCUT2D eigenvalue weighted by Gasteiger charge is 2.35. The third-order valence-electron chi connectivity index (χ3n) is 5.54. The molecule has 1 aromatic carbocycles. The summed E-state index contributed by atoms with van der Waals surface area (Å²) >= 11 is 0. The van der Waals surface area contributed by atoms with Gasteiger partial charge >= 0.3 is 0 Å². The number of hydrogen-bond donors (Lipinski definition) is 1. The minimum Gasteiger partial charge on any atom is -0.391 e. The van der Waals surface area contributed by atoms with E-state index < -0.39 is 6.10 Å². The molecule has 2 aromatic heterocycles. The smallest absolute Gasteiger partial charge is 0.257 e. The first-order valence-electron chi connectivity index (χ1n) is 9.90. The largest absolute Gasteiger partial charge is 0.391 e. The van der Waals surface area contributed by atoms with Crippen molar-refractivity contribution in [2.75, 3.05) is 13.1 Å². The fraction of sp³-hybridized carbons (Fsp3) is 0.409. The van der Waals surface area contributed by atoms with Crippen molar-refractivity contribution < 1.29 is 9.90 Å². The van der Waals surface area contributed by atoms with Gasteiger partial charge in [0, 0.05) is 43.3 Å². The summed E-state index contributed by atoms with van der Waals surface area (Å²) < 4.78 is 1.83. The van der Waals surface area contributed by atoms with Gasteiger partial charge in [0.15, 0.2) is 0 Å². The maximum absolute atomic E-state index is 13.0. The van der Waals surface area contributed by atoms with Crippen LogP contribution in [0.15, 0.2) is 42.7 Å². The Bertz CT molecular complexity index is 992. The lowest BCUT2D eigenvalue weighted by Crippen LogP contribution is -2.29. The summed E-state index contributed by atoms with van der Waals surface area (Å²) in [5, 5.41) is 16.2. The van der Waals surface area contributed by atoms with Crippen molar-refractivity contribution in [3.8, 4) is 0 Å². The zero-order valence-electron chi connectivity index (χ0n) is 16.4. The lowest BCUT2D eigenvalue weighted by Gasteiger charge is -2.16. The predicted octanol–water partition coefficient (Wildman–Crippen LogP) is 2.83. The van der Waals surface area contributed by atoms with Gasteiger partial charge in [-0.05, 0) is 37.5 Å². The van der Waals surface area contributed by atoms with E-state index in [0.29, 0.717) is 18.7 Å². The van der Waals surface area contributed by atoms with Gasteiger partial charge in [0.2, 0.25) is 0 Å². The first-order chi connectivity index (χ1) is 13.6. The molecule has 1 saturated heterocycles. The van der Waals surface area contributed by atoms with Gasteiger partial charge in [0.25, 0.3) is 5.91 Å². The molecule has 0 spiro atoms. The first kappa shape index (κ1) is 18.6. The molecule has 0 radical (unpaired) electrons. The Morgan fingerprint density at radius 2 is 2.07 bits per heavy atom.